The molecule has 4 rings (SSSR count). The van der Waals surface area contributed by atoms with Crippen molar-refractivity contribution in [3.8, 4) is 5.75 Å². The van der Waals surface area contributed by atoms with Crippen LogP contribution >= 0.6 is 45.2 Å². The monoisotopic (exact) mass is 675 g/mol. The van der Waals surface area contributed by atoms with Gasteiger partial charge in [0.1, 0.15) is 17.9 Å². The van der Waals surface area contributed by atoms with E-state index >= 15 is 0 Å². The normalized spacial score (nSPS) is 17.3. The number of halogens is 2. The minimum Gasteiger partial charge on any atom is -0.487 e. The Kier molecular flexibility index (Phi) is 7.22. The predicted molar refractivity (Wildman–Crippen MR) is 135 cm³/mol. The molecule has 1 saturated carbocycles. The van der Waals surface area contributed by atoms with Crippen molar-refractivity contribution in [2.75, 3.05) is 0 Å². The third kappa shape index (κ3) is 5.48. The fourth-order valence-corrected chi connectivity index (χ4v) is 5.93. The van der Waals surface area contributed by atoms with Crippen LogP contribution in [-0.2, 0) is 25.7 Å². The molecule has 0 N–H and O–H groups in total. The van der Waals surface area contributed by atoms with Crippen molar-refractivity contribution >= 4 is 68.9 Å². The summed E-state index contributed by atoms with van der Waals surface area (Å²) in [7, 11) is 0. The summed E-state index contributed by atoms with van der Waals surface area (Å²) in [6, 6.07) is 9.76. The van der Waals surface area contributed by atoms with Crippen LogP contribution in [0.4, 0.5) is 5.69 Å². The second kappa shape index (κ2) is 9.95. The zero-order valence-electron chi connectivity index (χ0n) is 17.3. The van der Waals surface area contributed by atoms with Gasteiger partial charge in [0.2, 0.25) is 0 Å². The lowest BCUT2D eigenvalue weighted by atomic mass is 9.93. The van der Waals surface area contributed by atoms with Crippen LogP contribution in [0.2, 0.25) is 0 Å². The van der Waals surface area contributed by atoms with E-state index in [0.29, 0.717) is 24.2 Å². The van der Waals surface area contributed by atoms with Gasteiger partial charge < -0.3 is 14.2 Å². The van der Waals surface area contributed by atoms with Crippen molar-refractivity contribution in [2.45, 2.75) is 44.5 Å². The number of ether oxygens (including phenoxy) is 3. The van der Waals surface area contributed by atoms with E-state index in [0.717, 1.165) is 32.0 Å². The molecule has 0 amide bonds. The van der Waals surface area contributed by atoms with E-state index in [9.17, 15) is 19.7 Å². The summed E-state index contributed by atoms with van der Waals surface area (Å²) in [5.74, 6) is -1.78. The summed E-state index contributed by atoms with van der Waals surface area (Å²) in [5.41, 5.74) is 1.34. The molecule has 0 unspecified atom stereocenters. The molecule has 10 heteroatoms. The molecule has 2 fully saturated rings. The first-order valence-electron chi connectivity index (χ1n) is 10.3. The Hall–Kier alpha value is -2.22. The minimum atomic E-state index is -1.11. The first-order chi connectivity index (χ1) is 15.8. The van der Waals surface area contributed by atoms with Crippen LogP contribution in [0.15, 0.2) is 42.0 Å². The number of nitro benzene ring substituents is 1. The van der Waals surface area contributed by atoms with Crippen LogP contribution in [0.3, 0.4) is 0 Å². The molecule has 33 heavy (non-hydrogen) atoms. The molecule has 0 radical (unpaired) electrons. The van der Waals surface area contributed by atoms with Crippen molar-refractivity contribution in [3.63, 3.8) is 0 Å². The second-order valence-electron chi connectivity index (χ2n) is 7.83. The number of benzene rings is 2. The maximum absolute atomic E-state index is 12.6. The van der Waals surface area contributed by atoms with Crippen molar-refractivity contribution in [1.29, 1.82) is 0 Å². The summed E-state index contributed by atoms with van der Waals surface area (Å²) in [4.78, 5) is 35.5. The molecule has 1 saturated heterocycles. The Morgan fingerprint density at radius 3 is 2.12 bits per heavy atom. The van der Waals surface area contributed by atoms with E-state index in [-0.39, 0.29) is 17.9 Å². The standard InChI is InChI=1S/C23H19I2NO7/c24-18-11-15(10-17-21(27)32-23(33-22(17)28)8-2-1-3-9-23)12-19(25)20(18)31-13-14-4-6-16(7-5-14)26(29)30/h4-7,10-12H,1-3,8-9,13H2. The summed E-state index contributed by atoms with van der Waals surface area (Å²) >= 11 is 4.24. The molecule has 172 valence electrons. The van der Waals surface area contributed by atoms with E-state index in [1.165, 1.54) is 18.2 Å². The molecular weight excluding hydrogens is 656 g/mol. The SMILES string of the molecule is O=C1OC2(CCCCC2)OC(=O)C1=Cc1cc(I)c(OCc2ccc([N+](=O)[O-])cc2)c(I)c1. The zero-order valence-corrected chi connectivity index (χ0v) is 21.7. The zero-order chi connectivity index (χ0) is 23.6. The van der Waals surface area contributed by atoms with Gasteiger partial charge in [0.25, 0.3) is 11.5 Å². The Morgan fingerprint density at radius 2 is 1.58 bits per heavy atom. The van der Waals surface area contributed by atoms with E-state index in [2.05, 4.69) is 45.2 Å². The molecule has 2 aromatic carbocycles. The summed E-state index contributed by atoms with van der Waals surface area (Å²) in [5, 5.41) is 10.8. The van der Waals surface area contributed by atoms with Gasteiger partial charge >= 0.3 is 11.9 Å². The number of carbonyl (C=O) groups is 2. The molecule has 8 nitrogen and oxygen atoms in total. The molecule has 0 aromatic heterocycles. The van der Waals surface area contributed by atoms with Crippen LogP contribution in [0.1, 0.15) is 43.2 Å². The fraction of sp³-hybridized carbons (Fsp3) is 0.304. The van der Waals surface area contributed by atoms with Gasteiger partial charge in [-0.2, -0.15) is 0 Å². The second-order valence-corrected chi connectivity index (χ2v) is 10.2. The quantitative estimate of drug-likeness (QED) is 0.103. The maximum atomic E-state index is 12.6. The average Bonchev–Trinajstić information content (AvgIpc) is 2.76. The Bertz CT molecular complexity index is 1090. The van der Waals surface area contributed by atoms with Crippen molar-refractivity contribution in [2.24, 2.45) is 0 Å². The van der Waals surface area contributed by atoms with Crippen LogP contribution in [0.25, 0.3) is 6.08 Å². The topological polar surface area (TPSA) is 105 Å². The molecule has 0 bridgehead atoms. The number of rotatable bonds is 5. The van der Waals surface area contributed by atoms with Crippen molar-refractivity contribution < 1.29 is 28.7 Å². The lowest BCUT2D eigenvalue weighted by Gasteiger charge is -2.38. The third-order valence-electron chi connectivity index (χ3n) is 5.47. The molecule has 2 aliphatic rings. The first kappa shape index (κ1) is 23.9. The number of nitro groups is 1. The third-order valence-corrected chi connectivity index (χ3v) is 7.08. The highest BCUT2D eigenvalue weighted by Crippen LogP contribution is 2.38. The summed E-state index contributed by atoms with van der Waals surface area (Å²) in [6.45, 7) is 0.241. The number of esters is 2. The summed E-state index contributed by atoms with van der Waals surface area (Å²) < 4.78 is 18.6. The molecule has 1 aliphatic heterocycles. The van der Waals surface area contributed by atoms with E-state index in [1.54, 1.807) is 24.3 Å². The first-order valence-corrected chi connectivity index (χ1v) is 12.5. The van der Waals surface area contributed by atoms with Gasteiger partial charge in [0.05, 0.1) is 12.1 Å². The largest absolute Gasteiger partial charge is 0.487 e. The molecule has 0 atom stereocenters. The van der Waals surface area contributed by atoms with Crippen LogP contribution in [-0.4, -0.2) is 22.6 Å². The molecule has 1 aliphatic carbocycles. The van der Waals surface area contributed by atoms with Crippen LogP contribution in [0, 0.1) is 17.3 Å². The molecule has 2 aromatic rings. The number of nitrogens with zero attached hydrogens (tertiary/aromatic N) is 1. The van der Waals surface area contributed by atoms with Gasteiger partial charge in [-0.1, -0.05) is 6.42 Å². The maximum Gasteiger partial charge on any atom is 0.348 e. The molecule has 1 spiro atoms. The fourth-order valence-electron chi connectivity index (χ4n) is 3.80. The van der Waals surface area contributed by atoms with Crippen molar-refractivity contribution in [1.82, 2.24) is 0 Å². The highest BCUT2D eigenvalue weighted by Gasteiger charge is 2.46. The highest BCUT2D eigenvalue weighted by molar-refractivity contribution is 14.1. The minimum absolute atomic E-state index is 0.0227. The van der Waals surface area contributed by atoms with E-state index in [1.807, 2.05) is 0 Å². The Balaban J connectivity index is 1.48. The van der Waals surface area contributed by atoms with Gasteiger partial charge in [0.15, 0.2) is 0 Å². The number of hydrogen-bond acceptors (Lipinski definition) is 7. The van der Waals surface area contributed by atoms with Crippen molar-refractivity contribution in [3.05, 3.63) is 70.4 Å². The number of non-ortho nitro benzene ring substituents is 1. The molecular formula is C23H19I2NO7. The van der Waals surface area contributed by atoms with Crippen LogP contribution in [0.5, 0.6) is 5.75 Å². The van der Waals surface area contributed by atoms with Crippen LogP contribution < -0.4 is 4.74 Å². The highest BCUT2D eigenvalue weighted by atomic mass is 127. The van der Waals surface area contributed by atoms with Gasteiger partial charge in [-0.05, 0) is 99.5 Å². The Morgan fingerprint density at radius 1 is 1.00 bits per heavy atom. The predicted octanol–water partition coefficient (Wildman–Crippen LogP) is 5.53. The Labute approximate surface area is 217 Å². The van der Waals surface area contributed by atoms with Gasteiger partial charge in [-0.25, -0.2) is 9.59 Å². The van der Waals surface area contributed by atoms with E-state index < -0.39 is 22.6 Å². The number of hydrogen-bond donors (Lipinski definition) is 0. The lowest BCUT2D eigenvalue weighted by molar-refractivity contribution is -0.384. The van der Waals surface area contributed by atoms with Gasteiger partial charge in [0, 0.05) is 25.0 Å². The van der Waals surface area contributed by atoms with Gasteiger partial charge in [-0.15, -0.1) is 0 Å². The number of carbonyl (C=O) groups excluding carboxylic acids is 2. The molecule has 1 heterocycles. The summed E-state index contributed by atoms with van der Waals surface area (Å²) in [6.07, 6.45) is 5.30. The smallest absolute Gasteiger partial charge is 0.348 e. The average molecular weight is 675 g/mol. The van der Waals surface area contributed by atoms with E-state index in [4.69, 9.17) is 14.2 Å². The lowest BCUT2D eigenvalue weighted by Crippen LogP contribution is -2.47. The van der Waals surface area contributed by atoms with Gasteiger partial charge in [-0.3, -0.25) is 10.1 Å².